The summed E-state index contributed by atoms with van der Waals surface area (Å²) in [7, 11) is 0. The first-order valence-electron chi connectivity index (χ1n) is 5.57. The molecule has 1 heterocycles. The molecule has 2 aromatic rings. The third-order valence-corrected chi connectivity index (χ3v) is 3.52. The Kier molecular flexibility index (Phi) is 4.56. The predicted molar refractivity (Wildman–Crippen MR) is 76.7 cm³/mol. The van der Waals surface area contributed by atoms with Gasteiger partial charge in [0.2, 0.25) is 0 Å². The topological polar surface area (TPSA) is 50.2 Å². The molecule has 0 aliphatic heterocycles. The summed E-state index contributed by atoms with van der Waals surface area (Å²) in [6, 6.07) is 3.14. The van der Waals surface area contributed by atoms with Crippen LogP contribution in [-0.2, 0) is 6.18 Å². The van der Waals surface area contributed by atoms with Gasteiger partial charge >= 0.3 is 12.1 Å². The van der Waals surface area contributed by atoms with Crippen molar-refractivity contribution in [1.82, 2.24) is 4.98 Å². The van der Waals surface area contributed by atoms with Crippen molar-refractivity contribution < 1.29 is 23.1 Å². The Bertz CT molecular complexity index is 740. The number of pyridine rings is 1. The second kappa shape index (κ2) is 5.95. The Morgan fingerprint density at radius 2 is 1.68 bits per heavy atom. The Morgan fingerprint density at radius 3 is 2.14 bits per heavy atom. The van der Waals surface area contributed by atoms with Gasteiger partial charge in [0.25, 0.3) is 0 Å². The summed E-state index contributed by atoms with van der Waals surface area (Å²) < 4.78 is 39.8. The summed E-state index contributed by atoms with van der Waals surface area (Å²) in [5.41, 5.74) is -3.27. The molecule has 0 fully saturated rings. The van der Waals surface area contributed by atoms with Crippen molar-refractivity contribution in [3.8, 4) is 11.3 Å². The molecule has 0 aliphatic carbocycles. The summed E-state index contributed by atoms with van der Waals surface area (Å²) in [6.07, 6.45) is -4.01. The third kappa shape index (κ3) is 3.14. The van der Waals surface area contributed by atoms with Crippen LogP contribution in [0.5, 0.6) is 0 Å². The molecule has 0 unspecified atom stereocenters. The van der Waals surface area contributed by atoms with Gasteiger partial charge in [0.05, 0.1) is 26.9 Å². The van der Waals surface area contributed by atoms with E-state index in [1.807, 2.05) is 0 Å². The van der Waals surface area contributed by atoms with Gasteiger partial charge in [-0.3, -0.25) is 4.98 Å². The largest absolute Gasteiger partial charge is 0.478 e. The highest BCUT2D eigenvalue weighted by Gasteiger charge is 2.40. The molecule has 3 nitrogen and oxygen atoms in total. The van der Waals surface area contributed by atoms with Gasteiger partial charge in [-0.2, -0.15) is 13.2 Å². The van der Waals surface area contributed by atoms with E-state index in [0.29, 0.717) is 0 Å². The van der Waals surface area contributed by atoms with Gasteiger partial charge in [-0.25, -0.2) is 4.79 Å². The molecule has 1 aromatic carbocycles. The van der Waals surface area contributed by atoms with Crippen LogP contribution in [0.2, 0.25) is 15.1 Å². The van der Waals surface area contributed by atoms with Gasteiger partial charge in [0, 0.05) is 16.8 Å². The van der Waals surface area contributed by atoms with Crippen molar-refractivity contribution in [3.05, 3.63) is 50.6 Å². The fourth-order valence-corrected chi connectivity index (χ4v) is 2.88. The maximum Gasteiger partial charge on any atom is 0.419 e. The van der Waals surface area contributed by atoms with Gasteiger partial charge in [0.15, 0.2) is 0 Å². The number of hydrogen-bond donors (Lipinski definition) is 1. The van der Waals surface area contributed by atoms with Crippen LogP contribution in [0.25, 0.3) is 11.3 Å². The molecule has 0 saturated heterocycles. The van der Waals surface area contributed by atoms with Gasteiger partial charge in [-0.15, -0.1) is 0 Å². The smallest absolute Gasteiger partial charge is 0.419 e. The van der Waals surface area contributed by atoms with Crippen LogP contribution >= 0.6 is 34.8 Å². The molecule has 22 heavy (non-hydrogen) atoms. The number of aromatic carboxylic acids is 1. The van der Waals surface area contributed by atoms with Crippen molar-refractivity contribution in [3.63, 3.8) is 0 Å². The summed E-state index contributed by atoms with van der Waals surface area (Å²) in [5, 5.41) is 8.76. The lowest BCUT2D eigenvalue weighted by molar-refractivity contribution is -0.137. The molecule has 0 atom stereocenters. The zero-order valence-electron chi connectivity index (χ0n) is 10.4. The molecule has 0 spiro atoms. The van der Waals surface area contributed by atoms with E-state index in [2.05, 4.69) is 4.98 Å². The van der Waals surface area contributed by atoms with E-state index in [-0.39, 0.29) is 20.6 Å². The van der Waals surface area contributed by atoms with Crippen LogP contribution in [0.3, 0.4) is 0 Å². The maximum atomic E-state index is 13.3. The van der Waals surface area contributed by atoms with E-state index >= 15 is 0 Å². The minimum atomic E-state index is -4.95. The fraction of sp³-hybridized carbons (Fsp3) is 0.0769. The van der Waals surface area contributed by atoms with E-state index in [0.717, 1.165) is 12.3 Å². The van der Waals surface area contributed by atoms with Crippen molar-refractivity contribution in [2.45, 2.75) is 6.18 Å². The van der Waals surface area contributed by atoms with E-state index in [1.165, 1.54) is 12.1 Å². The van der Waals surface area contributed by atoms with Crippen molar-refractivity contribution in [1.29, 1.82) is 0 Å². The maximum absolute atomic E-state index is 13.3. The summed E-state index contributed by atoms with van der Waals surface area (Å²) >= 11 is 17.5. The number of hydrogen-bond acceptors (Lipinski definition) is 2. The SMILES string of the molecule is O=C(O)c1ccnc(-c2c(Cl)cc(Cl)cc2Cl)c1C(F)(F)F. The van der Waals surface area contributed by atoms with E-state index in [4.69, 9.17) is 39.9 Å². The first-order valence-corrected chi connectivity index (χ1v) is 6.70. The molecule has 1 N–H and O–H groups in total. The van der Waals surface area contributed by atoms with Gasteiger partial charge in [-0.05, 0) is 18.2 Å². The minimum Gasteiger partial charge on any atom is -0.478 e. The summed E-state index contributed by atoms with van der Waals surface area (Å²) in [6.45, 7) is 0. The Labute approximate surface area is 137 Å². The molecule has 0 radical (unpaired) electrons. The lowest BCUT2D eigenvalue weighted by Crippen LogP contribution is -2.15. The van der Waals surface area contributed by atoms with Crippen LogP contribution in [0.1, 0.15) is 15.9 Å². The Morgan fingerprint density at radius 1 is 1.14 bits per heavy atom. The molecular weight excluding hydrogens is 366 g/mol. The van der Waals surface area contributed by atoms with Crippen LogP contribution in [0, 0.1) is 0 Å². The van der Waals surface area contributed by atoms with Crippen LogP contribution < -0.4 is 0 Å². The first-order chi connectivity index (χ1) is 10.1. The number of alkyl halides is 3. The van der Waals surface area contributed by atoms with Gasteiger partial charge in [-0.1, -0.05) is 34.8 Å². The van der Waals surface area contributed by atoms with Crippen molar-refractivity contribution in [2.75, 3.05) is 0 Å². The number of nitrogens with zero attached hydrogens (tertiary/aromatic N) is 1. The number of carboxylic acid groups (broad SMARTS) is 1. The number of carboxylic acids is 1. The quantitative estimate of drug-likeness (QED) is 0.767. The van der Waals surface area contributed by atoms with E-state index in [1.54, 1.807) is 0 Å². The Hall–Kier alpha value is -1.50. The number of benzene rings is 1. The number of halogens is 6. The monoisotopic (exact) mass is 369 g/mol. The highest BCUT2D eigenvalue weighted by atomic mass is 35.5. The second-order valence-electron chi connectivity index (χ2n) is 4.13. The first kappa shape index (κ1) is 16.9. The van der Waals surface area contributed by atoms with E-state index in [9.17, 15) is 18.0 Å². The predicted octanol–water partition coefficient (Wildman–Crippen LogP) is 5.43. The summed E-state index contributed by atoms with van der Waals surface area (Å²) in [5.74, 6) is -1.74. The fourth-order valence-electron chi connectivity index (χ4n) is 1.88. The van der Waals surface area contributed by atoms with Gasteiger partial charge < -0.3 is 5.11 Å². The molecule has 0 bridgehead atoms. The molecule has 0 aliphatic rings. The van der Waals surface area contributed by atoms with Crippen molar-refractivity contribution >= 4 is 40.8 Å². The normalized spacial score (nSPS) is 11.5. The second-order valence-corrected chi connectivity index (χ2v) is 5.38. The lowest BCUT2D eigenvalue weighted by Gasteiger charge is -2.16. The van der Waals surface area contributed by atoms with Crippen LogP contribution in [0.4, 0.5) is 13.2 Å². The standard InChI is InChI=1S/C13H5Cl3F3NO2/c14-5-3-7(15)9(8(16)4-5)11-10(13(17,18)19)6(12(21)22)1-2-20-11/h1-4H,(H,21,22). The molecule has 0 amide bonds. The van der Waals surface area contributed by atoms with E-state index < -0.39 is 29.0 Å². The van der Waals surface area contributed by atoms with Crippen molar-refractivity contribution in [2.24, 2.45) is 0 Å². The molecule has 2 rings (SSSR count). The molecule has 9 heteroatoms. The Balaban J connectivity index is 2.88. The average molecular weight is 371 g/mol. The minimum absolute atomic E-state index is 0.127. The number of carbonyl (C=O) groups is 1. The molecule has 1 aromatic heterocycles. The van der Waals surface area contributed by atoms with Gasteiger partial charge in [0.1, 0.15) is 0 Å². The lowest BCUT2D eigenvalue weighted by atomic mass is 10.0. The third-order valence-electron chi connectivity index (χ3n) is 2.71. The average Bonchev–Trinajstić information content (AvgIpc) is 2.35. The van der Waals surface area contributed by atoms with Crippen LogP contribution in [0.15, 0.2) is 24.4 Å². The van der Waals surface area contributed by atoms with Crippen LogP contribution in [-0.4, -0.2) is 16.1 Å². The molecular formula is C13H5Cl3F3NO2. The zero-order valence-corrected chi connectivity index (χ0v) is 12.6. The number of rotatable bonds is 2. The highest BCUT2D eigenvalue weighted by molar-refractivity contribution is 6.41. The molecule has 0 saturated carbocycles. The zero-order chi connectivity index (χ0) is 16.7. The highest BCUT2D eigenvalue weighted by Crippen LogP contribution is 2.43. The summed E-state index contributed by atoms with van der Waals surface area (Å²) in [4.78, 5) is 14.7. The molecule has 116 valence electrons. The number of aromatic nitrogens is 1.